The molecule has 13 heteroatoms. The molecule has 4 heterocycles. The molecule has 0 atom stereocenters. The van der Waals surface area contributed by atoms with Crippen molar-refractivity contribution in [1.29, 1.82) is 0 Å². The number of halogens is 3. The minimum absolute atomic E-state index is 0.0556. The van der Waals surface area contributed by atoms with Crippen LogP contribution < -0.4 is 19.5 Å². The highest BCUT2D eigenvalue weighted by molar-refractivity contribution is 5.98. The SMILES string of the molecule is CN1CCCOc2ccc(cc2)CNc2nc(nc(OCC(F)(F)F)n2)Cc2ccc(C(=O)CCC3(CN4CCCC4)CC3)c(c2)OCCC1. The lowest BCUT2D eigenvalue weighted by atomic mass is 9.94. The highest BCUT2D eigenvalue weighted by atomic mass is 19.4. The van der Waals surface area contributed by atoms with Gasteiger partial charge in [-0.25, -0.2) is 0 Å². The number of carbonyl (C=O) groups excluding carboxylic acids is 1. The van der Waals surface area contributed by atoms with Crippen LogP contribution in [0.4, 0.5) is 19.1 Å². The predicted molar refractivity (Wildman–Crippen MR) is 183 cm³/mol. The number of ether oxygens (including phenoxy) is 3. The maximum atomic E-state index is 13.7. The van der Waals surface area contributed by atoms with Crippen LogP contribution in [0, 0.1) is 5.41 Å². The maximum Gasteiger partial charge on any atom is 0.422 e. The first kappa shape index (κ1) is 35.8. The van der Waals surface area contributed by atoms with Gasteiger partial charge in [0.15, 0.2) is 12.4 Å². The average Bonchev–Trinajstić information content (AvgIpc) is 3.66. The van der Waals surface area contributed by atoms with E-state index in [1.807, 2.05) is 36.4 Å². The molecule has 1 aromatic heterocycles. The van der Waals surface area contributed by atoms with Crippen molar-refractivity contribution in [3.8, 4) is 17.5 Å². The first-order valence-electron chi connectivity index (χ1n) is 17.7. The van der Waals surface area contributed by atoms with E-state index < -0.39 is 18.8 Å². The highest BCUT2D eigenvalue weighted by Crippen LogP contribution is 2.50. The van der Waals surface area contributed by atoms with Crippen LogP contribution in [0.5, 0.6) is 17.5 Å². The number of hydrogen-bond donors (Lipinski definition) is 1. The predicted octanol–water partition coefficient (Wildman–Crippen LogP) is 6.34. The first-order chi connectivity index (χ1) is 24.1. The van der Waals surface area contributed by atoms with Crippen LogP contribution in [0.3, 0.4) is 0 Å². The topological polar surface area (TPSA) is 102 Å². The Kier molecular flexibility index (Phi) is 11.7. The van der Waals surface area contributed by atoms with Gasteiger partial charge in [0, 0.05) is 39.0 Å². The third kappa shape index (κ3) is 10.8. The van der Waals surface area contributed by atoms with Gasteiger partial charge in [-0.2, -0.15) is 28.1 Å². The Morgan fingerprint density at radius 1 is 0.920 bits per heavy atom. The summed E-state index contributed by atoms with van der Waals surface area (Å²) in [5, 5.41) is 3.08. The lowest BCUT2D eigenvalue weighted by molar-refractivity contribution is -0.154. The van der Waals surface area contributed by atoms with Crippen LogP contribution in [0.15, 0.2) is 42.5 Å². The van der Waals surface area contributed by atoms with Crippen LogP contribution in [0.2, 0.25) is 0 Å². The molecule has 2 fully saturated rings. The van der Waals surface area contributed by atoms with Crippen molar-refractivity contribution >= 4 is 11.7 Å². The zero-order chi connectivity index (χ0) is 35.0. The van der Waals surface area contributed by atoms with Crippen LogP contribution in [0.25, 0.3) is 0 Å². The number of fused-ring (bicyclic) bond motifs is 11. The first-order valence-corrected chi connectivity index (χ1v) is 17.7. The Morgan fingerprint density at radius 2 is 1.64 bits per heavy atom. The van der Waals surface area contributed by atoms with Gasteiger partial charge in [0.1, 0.15) is 17.3 Å². The molecule has 1 aliphatic carbocycles. The number of ketones is 1. The molecular weight excluding hydrogens is 649 g/mol. The molecular formula is C37H47F3N6O4. The van der Waals surface area contributed by atoms with E-state index in [2.05, 4.69) is 37.1 Å². The molecule has 0 radical (unpaired) electrons. The van der Waals surface area contributed by atoms with E-state index >= 15 is 0 Å². The number of aromatic nitrogens is 3. The molecule has 50 heavy (non-hydrogen) atoms. The minimum atomic E-state index is -4.55. The molecule has 1 saturated heterocycles. The highest BCUT2D eigenvalue weighted by Gasteiger charge is 2.44. The number of Topliss-reactive ketones (excluding diaryl/α,β-unsaturated/α-hetero) is 1. The van der Waals surface area contributed by atoms with Gasteiger partial charge in [0.25, 0.3) is 0 Å². The Hall–Kier alpha value is -3.97. The molecule has 0 amide bonds. The fourth-order valence-corrected chi connectivity index (χ4v) is 6.61. The molecule has 7 rings (SSSR count). The largest absolute Gasteiger partial charge is 0.494 e. The molecule has 1 saturated carbocycles. The van der Waals surface area contributed by atoms with Crippen molar-refractivity contribution in [2.24, 2.45) is 5.41 Å². The number of nitrogens with zero attached hydrogens (tertiary/aromatic N) is 5. The summed E-state index contributed by atoms with van der Waals surface area (Å²) in [5.74, 6) is 1.61. The molecule has 0 unspecified atom stereocenters. The molecule has 3 aromatic rings. The van der Waals surface area contributed by atoms with E-state index in [1.165, 1.54) is 25.7 Å². The Labute approximate surface area is 291 Å². The lowest BCUT2D eigenvalue weighted by Crippen LogP contribution is -2.28. The Balaban J connectivity index is 1.22. The summed E-state index contributed by atoms with van der Waals surface area (Å²) < 4.78 is 56.2. The number of rotatable bonds is 8. The second-order valence-electron chi connectivity index (χ2n) is 13.9. The Morgan fingerprint density at radius 3 is 2.36 bits per heavy atom. The van der Waals surface area contributed by atoms with E-state index in [4.69, 9.17) is 14.2 Å². The van der Waals surface area contributed by atoms with Crippen LogP contribution >= 0.6 is 0 Å². The zero-order valence-electron chi connectivity index (χ0n) is 28.8. The number of carbonyl (C=O) groups is 1. The van der Waals surface area contributed by atoms with E-state index in [9.17, 15) is 18.0 Å². The van der Waals surface area contributed by atoms with Gasteiger partial charge in [-0.15, -0.1) is 0 Å². The van der Waals surface area contributed by atoms with Gasteiger partial charge in [-0.3, -0.25) is 4.79 Å². The van der Waals surface area contributed by atoms with Gasteiger partial charge in [-0.1, -0.05) is 18.2 Å². The van der Waals surface area contributed by atoms with Gasteiger partial charge in [0.2, 0.25) is 5.95 Å². The van der Waals surface area contributed by atoms with Gasteiger partial charge in [0.05, 0.1) is 18.8 Å². The Bertz CT molecular complexity index is 1580. The number of alkyl halides is 3. The second-order valence-corrected chi connectivity index (χ2v) is 13.9. The molecule has 4 aliphatic rings. The summed E-state index contributed by atoms with van der Waals surface area (Å²) >= 11 is 0. The standard InChI is InChI=1S/C37H47F3N6O4/c1-45-16-4-20-48-29-9-6-27(7-10-29)24-41-34-42-33(43-35(44-34)50-26-37(38,39)40)23-28-8-11-30(32(22-28)49-21-5-17-45)31(47)12-13-36(14-15-36)25-46-18-2-3-19-46/h6-11,22H,2-5,12-21,23-26H2,1H3,(H,41,42,43,44). The molecule has 270 valence electrons. The van der Waals surface area contributed by atoms with E-state index in [0.29, 0.717) is 37.5 Å². The van der Waals surface area contributed by atoms with Crippen molar-refractivity contribution in [1.82, 2.24) is 24.8 Å². The van der Waals surface area contributed by atoms with Gasteiger partial charge >= 0.3 is 12.2 Å². The molecule has 10 nitrogen and oxygen atoms in total. The average molecular weight is 697 g/mol. The van der Waals surface area contributed by atoms with Crippen molar-refractivity contribution < 1.29 is 32.2 Å². The third-order valence-electron chi connectivity index (χ3n) is 9.60. The second kappa shape index (κ2) is 16.4. The summed E-state index contributed by atoms with van der Waals surface area (Å²) in [7, 11) is 2.07. The molecule has 2 aromatic carbocycles. The number of hydrogen-bond acceptors (Lipinski definition) is 10. The fraction of sp³-hybridized carbons (Fsp3) is 0.568. The van der Waals surface area contributed by atoms with Gasteiger partial charge in [-0.05, 0) is 106 Å². The van der Waals surface area contributed by atoms with Crippen molar-refractivity contribution in [2.45, 2.75) is 70.5 Å². The summed E-state index contributed by atoms with van der Waals surface area (Å²) in [5.41, 5.74) is 2.45. The summed E-state index contributed by atoms with van der Waals surface area (Å²) in [4.78, 5) is 31.2. The monoisotopic (exact) mass is 696 g/mol. The number of benzene rings is 2. The van der Waals surface area contributed by atoms with E-state index in [-0.39, 0.29) is 29.4 Å². The third-order valence-corrected chi connectivity index (χ3v) is 9.60. The minimum Gasteiger partial charge on any atom is -0.494 e. The molecule has 6 bridgehead atoms. The van der Waals surface area contributed by atoms with Crippen molar-refractivity contribution in [3.63, 3.8) is 0 Å². The molecule has 3 aliphatic heterocycles. The summed E-state index contributed by atoms with van der Waals surface area (Å²) in [6, 6.07) is 12.6. The van der Waals surface area contributed by atoms with Crippen LogP contribution in [-0.4, -0.2) is 96.3 Å². The zero-order valence-corrected chi connectivity index (χ0v) is 28.8. The van der Waals surface area contributed by atoms with E-state index in [0.717, 1.165) is 68.9 Å². The number of anilines is 1. The molecule has 0 spiro atoms. The van der Waals surface area contributed by atoms with Crippen molar-refractivity contribution in [2.75, 3.05) is 64.9 Å². The summed E-state index contributed by atoms with van der Waals surface area (Å²) in [6.45, 7) is 4.86. The van der Waals surface area contributed by atoms with Crippen LogP contribution in [-0.2, 0) is 13.0 Å². The van der Waals surface area contributed by atoms with Crippen molar-refractivity contribution in [3.05, 3.63) is 65.0 Å². The lowest BCUT2D eigenvalue weighted by Gasteiger charge is -2.23. The molecule has 1 N–H and O–H groups in total. The van der Waals surface area contributed by atoms with Crippen LogP contribution in [0.1, 0.15) is 78.7 Å². The smallest absolute Gasteiger partial charge is 0.422 e. The summed E-state index contributed by atoms with van der Waals surface area (Å²) in [6.07, 6.45) is 3.40. The number of likely N-dealkylation sites (tertiary alicyclic amines) is 1. The normalized spacial score (nSPS) is 19.0. The van der Waals surface area contributed by atoms with E-state index in [1.54, 1.807) is 6.07 Å². The fourth-order valence-electron chi connectivity index (χ4n) is 6.61. The quantitative estimate of drug-likeness (QED) is 0.269. The number of nitrogens with one attached hydrogen (secondary N) is 1. The van der Waals surface area contributed by atoms with Gasteiger partial charge < -0.3 is 29.3 Å². The maximum absolute atomic E-state index is 13.7.